The number of aromatic nitrogens is 1. The Morgan fingerprint density at radius 2 is 2.23 bits per heavy atom. The fraction of sp³-hybridized carbons (Fsp3) is 0.375. The van der Waals surface area contributed by atoms with E-state index in [9.17, 15) is 10.1 Å². The molecule has 1 heterocycles. The van der Waals surface area contributed by atoms with E-state index in [0.717, 1.165) is 18.5 Å². The quantitative estimate of drug-likeness (QED) is 0.550. The van der Waals surface area contributed by atoms with E-state index in [4.69, 9.17) is 5.73 Å². The fourth-order valence-corrected chi connectivity index (χ4v) is 1.24. The Morgan fingerprint density at radius 3 is 2.69 bits per heavy atom. The van der Waals surface area contributed by atoms with Crippen LogP contribution in [0.15, 0.2) is 12.1 Å². The first-order valence-corrected chi connectivity index (χ1v) is 4.09. The van der Waals surface area contributed by atoms with Gasteiger partial charge in [-0.25, -0.2) is 4.98 Å². The third kappa shape index (κ3) is 1.44. The molecule has 1 fully saturated rings. The van der Waals surface area contributed by atoms with Gasteiger partial charge in [0.05, 0.1) is 4.92 Å². The lowest BCUT2D eigenvalue weighted by Gasteiger charge is -1.99. The number of nitrogen functional groups attached to an aromatic ring is 1. The third-order valence-corrected chi connectivity index (χ3v) is 2.12. The number of rotatable bonds is 2. The molecular formula is C8H9N3O2. The molecule has 0 aliphatic heterocycles. The Kier molecular flexibility index (Phi) is 1.65. The molecule has 0 bridgehead atoms. The Bertz CT molecular complexity index is 360. The molecule has 68 valence electrons. The van der Waals surface area contributed by atoms with Crippen molar-refractivity contribution in [3.8, 4) is 0 Å². The molecule has 0 saturated heterocycles. The molecule has 2 N–H and O–H groups in total. The van der Waals surface area contributed by atoms with E-state index < -0.39 is 4.92 Å². The SMILES string of the molecule is Nc1nc(C2CC2)ccc1[N+](=O)[O-]. The zero-order valence-electron chi connectivity index (χ0n) is 6.93. The Labute approximate surface area is 74.7 Å². The third-order valence-electron chi connectivity index (χ3n) is 2.12. The molecule has 1 aliphatic carbocycles. The summed E-state index contributed by atoms with van der Waals surface area (Å²) in [5, 5.41) is 10.4. The van der Waals surface area contributed by atoms with Crippen molar-refractivity contribution in [2.75, 3.05) is 5.73 Å². The standard InChI is InChI=1S/C8H9N3O2/c9-8-7(11(12)13)4-3-6(10-8)5-1-2-5/h3-5H,1-2H2,(H2,9,10). The smallest absolute Gasteiger partial charge is 0.311 e. The summed E-state index contributed by atoms with van der Waals surface area (Å²) in [6, 6.07) is 3.11. The second kappa shape index (κ2) is 2.69. The Hall–Kier alpha value is -1.65. The molecule has 5 heteroatoms. The second-order valence-electron chi connectivity index (χ2n) is 3.17. The first kappa shape index (κ1) is 7.97. The highest BCUT2D eigenvalue weighted by molar-refractivity contribution is 5.52. The van der Waals surface area contributed by atoms with Gasteiger partial charge >= 0.3 is 5.69 Å². The van der Waals surface area contributed by atoms with Crippen molar-refractivity contribution < 1.29 is 4.92 Å². The molecule has 1 aromatic rings. The summed E-state index contributed by atoms with van der Waals surface area (Å²) >= 11 is 0. The van der Waals surface area contributed by atoms with Crippen molar-refractivity contribution in [2.45, 2.75) is 18.8 Å². The summed E-state index contributed by atoms with van der Waals surface area (Å²) in [7, 11) is 0. The fourth-order valence-electron chi connectivity index (χ4n) is 1.24. The molecule has 13 heavy (non-hydrogen) atoms. The molecule has 2 rings (SSSR count). The van der Waals surface area contributed by atoms with Gasteiger partial charge in [0, 0.05) is 17.7 Å². The molecule has 1 aliphatic rings. The van der Waals surface area contributed by atoms with Crippen LogP contribution in [0.2, 0.25) is 0 Å². The van der Waals surface area contributed by atoms with Gasteiger partial charge in [-0.05, 0) is 18.9 Å². The van der Waals surface area contributed by atoms with Gasteiger partial charge in [-0.1, -0.05) is 0 Å². The largest absolute Gasteiger partial charge is 0.378 e. The first-order chi connectivity index (χ1) is 6.18. The van der Waals surface area contributed by atoms with Crippen LogP contribution < -0.4 is 5.73 Å². The van der Waals surface area contributed by atoms with Crippen molar-refractivity contribution in [3.63, 3.8) is 0 Å². The normalized spacial score (nSPS) is 15.7. The maximum absolute atomic E-state index is 10.4. The summed E-state index contributed by atoms with van der Waals surface area (Å²) < 4.78 is 0. The van der Waals surface area contributed by atoms with Gasteiger partial charge in [0.2, 0.25) is 5.82 Å². The van der Waals surface area contributed by atoms with Crippen molar-refractivity contribution in [2.24, 2.45) is 0 Å². The molecule has 0 unspecified atom stereocenters. The molecule has 0 spiro atoms. The van der Waals surface area contributed by atoms with E-state index in [1.54, 1.807) is 6.07 Å². The number of nitrogens with two attached hydrogens (primary N) is 1. The average molecular weight is 179 g/mol. The highest BCUT2D eigenvalue weighted by Gasteiger charge is 2.26. The lowest BCUT2D eigenvalue weighted by atomic mass is 10.2. The van der Waals surface area contributed by atoms with Crippen LogP contribution in [0.1, 0.15) is 24.5 Å². The average Bonchev–Trinajstić information content (AvgIpc) is 2.85. The number of nitrogens with zero attached hydrogens (tertiary/aromatic N) is 2. The maximum atomic E-state index is 10.4. The van der Waals surface area contributed by atoms with Crippen LogP contribution in [0.4, 0.5) is 11.5 Å². The lowest BCUT2D eigenvalue weighted by Crippen LogP contribution is -2.00. The summed E-state index contributed by atoms with van der Waals surface area (Å²) in [5.74, 6) is 0.498. The van der Waals surface area contributed by atoms with Gasteiger partial charge < -0.3 is 5.73 Å². The summed E-state index contributed by atoms with van der Waals surface area (Å²) in [6.07, 6.45) is 2.23. The zero-order valence-corrected chi connectivity index (χ0v) is 6.93. The van der Waals surface area contributed by atoms with Crippen molar-refractivity contribution >= 4 is 11.5 Å². The number of hydrogen-bond donors (Lipinski definition) is 1. The van der Waals surface area contributed by atoms with Crippen molar-refractivity contribution in [1.29, 1.82) is 0 Å². The van der Waals surface area contributed by atoms with Crippen LogP contribution in [0.3, 0.4) is 0 Å². The number of hydrogen-bond acceptors (Lipinski definition) is 4. The van der Waals surface area contributed by atoms with Gasteiger partial charge in [0.1, 0.15) is 0 Å². The summed E-state index contributed by atoms with van der Waals surface area (Å²) in [6.45, 7) is 0. The maximum Gasteiger partial charge on any atom is 0.311 e. The van der Waals surface area contributed by atoms with Crippen LogP contribution in [-0.4, -0.2) is 9.91 Å². The highest BCUT2D eigenvalue weighted by Crippen LogP contribution is 2.39. The van der Waals surface area contributed by atoms with Crippen LogP contribution >= 0.6 is 0 Å². The molecule has 0 amide bonds. The molecule has 1 saturated carbocycles. The minimum Gasteiger partial charge on any atom is -0.378 e. The van der Waals surface area contributed by atoms with Crippen LogP contribution in [0.25, 0.3) is 0 Å². The van der Waals surface area contributed by atoms with Crippen molar-refractivity contribution in [1.82, 2.24) is 4.98 Å². The van der Waals surface area contributed by atoms with E-state index in [-0.39, 0.29) is 11.5 Å². The highest BCUT2D eigenvalue weighted by atomic mass is 16.6. The van der Waals surface area contributed by atoms with E-state index >= 15 is 0 Å². The summed E-state index contributed by atoms with van der Waals surface area (Å²) in [4.78, 5) is 13.9. The van der Waals surface area contributed by atoms with Crippen LogP contribution in [-0.2, 0) is 0 Å². The molecule has 0 radical (unpaired) electrons. The minimum atomic E-state index is -0.515. The molecule has 0 atom stereocenters. The van der Waals surface area contributed by atoms with E-state index in [1.807, 2.05) is 0 Å². The Morgan fingerprint density at radius 1 is 1.54 bits per heavy atom. The molecule has 1 aromatic heterocycles. The Balaban J connectivity index is 2.36. The van der Waals surface area contributed by atoms with Crippen molar-refractivity contribution in [3.05, 3.63) is 27.9 Å². The predicted molar refractivity (Wildman–Crippen MR) is 47.3 cm³/mol. The lowest BCUT2D eigenvalue weighted by molar-refractivity contribution is -0.384. The van der Waals surface area contributed by atoms with E-state index in [1.165, 1.54) is 6.07 Å². The van der Waals surface area contributed by atoms with Gasteiger partial charge in [-0.3, -0.25) is 10.1 Å². The zero-order chi connectivity index (χ0) is 9.42. The number of anilines is 1. The van der Waals surface area contributed by atoms with E-state index in [2.05, 4.69) is 4.98 Å². The number of pyridine rings is 1. The molecular weight excluding hydrogens is 170 g/mol. The van der Waals surface area contributed by atoms with Gasteiger partial charge in [-0.15, -0.1) is 0 Å². The molecule has 5 nitrogen and oxygen atoms in total. The summed E-state index contributed by atoms with van der Waals surface area (Å²) in [5.41, 5.74) is 6.21. The van der Waals surface area contributed by atoms with Gasteiger partial charge in [-0.2, -0.15) is 0 Å². The van der Waals surface area contributed by atoms with E-state index in [0.29, 0.717) is 5.92 Å². The minimum absolute atomic E-state index is 0.0226. The van der Waals surface area contributed by atoms with Gasteiger partial charge in [0.25, 0.3) is 0 Å². The second-order valence-corrected chi connectivity index (χ2v) is 3.17. The van der Waals surface area contributed by atoms with Crippen LogP contribution in [0, 0.1) is 10.1 Å². The predicted octanol–water partition coefficient (Wildman–Crippen LogP) is 1.45. The van der Waals surface area contributed by atoms with Gasteiger partial charge in [0.15, 0.2) is 0 Å². The molecule has 0 aromatic carbocycles. The monoisotopic (exact) mass is 179 g/mol. The number of nitro groups is 1. The van der Waals surface area contributed by atoms with Crippen LogP contribution in [0.5, 0.6) is 0 Å². The first-order valence-electron chi connectivity index (χ1n) is 4.09. The topological polar surface area (TPSA) is 82.0 Å².